The van der Waals surface area contributed by atoms with Crippen LogP contribution < -0.4 is 14.8 Å². The molecule has 2 amide bonds. The third-order valence-electron chi connectivity index (χ3n) is 2.69. The van der Waals surface area contributed by atoms with Crippen molar-refractivity contribution in [2.24, 2.45) is 4.99 Å². The van der Waals surface area contributed by atoms with E-state index in [0.29, 0.717) is 28.2 Å². The number of carbonyl (C=O) groups excluding carboxylic acids is 2. The number of nitrogens with one attached hydrogen (secondary N) is 1. The van der Waals surface area contributed by atoms with Crippen molar-refractivity contribution >= 4 is 34.8 Å². The first-order valence-electron chi connectivity index (χ1n) is 6.64. The summed E-state index contributed by atoms with van der Waals surface area (Å²) in [7, 11) is 1.57. The zero-order valence-corrected chi connectivity index (χ0v) is 13.3. The fraction of sp³-hybridized carbons (Fsp3) is 0.267. The van der Waals surface area contributed by atoms with Crippen LogP contribution in [0.4, 0.5) is 0 Å². The van der Waals surface area contributed by atoms with Crippen molar-refractivity contribution in [3.63, 3.8) is 0 Å². The monoisotopic (exact) mass is 320 g/mol. The maximum atomic E-state index is 11.8. The molecule has 116 valence electrons. The summed E-state index contributed by atoms with van der Waals surface area (Å²) in [6, 6.07) is 5.38. The molecular weight excluding hydrogens is 304 g/mol. The van der Waals surface area contributed by atoms with Gasteiger partial charge in [-0.15, -0.1) is 0 Å². The quantitative estimate of drug-likeness (QED) is 0.861. The maximum absolute atomic E-state index is 11.8. The number of benzene rings is 1. The van der Waals surface area contributed by atoms with E-state index in [1.54, 1.807) is 25.3 Å². The van der Waals surface area contributed by atoms with Crippen LogP contribution in [0.3, 0.4) is 0 Å². The summed E-state index contributed by atoms with van der Waals surface area (Å²) in [5.74, 6) is 0.605. The third kappa shape index (κ3) is 3.88. The molecule has 0 saturated carbocycles. The molecule has 1 aliphatic rings. The van der Waals surface area contributed by atoms with Crippen molar-refractivity contribution in [1.82, 2.24) is 5.32 Å². The van der Waals surface area contributed by atoms with Gasteiger partial charge in [0.2, 0.25) is 5.91 Å². The zero-order chi connectivity index (χ0) is 16.1. The summed E-state index contributed by atoms with van der Waals surface area (Å²) >= 11 is 1.13. The fourth-order valence-corrected chi connectivity index (χ4v) is 2.68. The number of thioether (sulfide) groups is 1. The summed E-state index contributed by atoms with van der Waals surface area (Å²) in [5.41, 5.74) is 0.791. The topological polar surface area (TPSA) is 77.0 Å². The van der Waals surface area contributed by atoms with Gasteiger partial charge in [0, 0.05) is 6.92 Å². The van der Waals surface area contributed by atoms with Crippen LogP contribution in [0.2, 0.25) is 0 Å². The predicted octanol–water partition coefficient (Wildman–Crippen LogP) is 2.20. The van der Waals surface area contributed by atoms with Crippen LogP contribution in [0.1, 0.15) is 19.4 Å². The molecule has 0 aliphatic carbocycles. The molecule has 0 saturated heterocycles. The highest BCUT2D eigenvalue weighted by atomic mass is 32.2. The molecule has 7 heteroatoms. The van der Waals surface area contributed by atoms with Gasteiger partial charge in [-0.25, -0.2) is 0 Å². The summed E-state index contributed by atoms with van der Waals surface area (Å²) in [6.45, 7) is 3.77. The third-order valence-corrected chi connectivity index (χ3v) is 3.59. The normalized spacial score (nSPS) is 15.7. The summed E-state index contributed by atoms with van der Waals surface area (Å²) < 4.78 is 10.7. The Morgan fingerprint density at radius 1 is 1.41 bits per heavy atom. The van der Waals surface area contributed by atoms with Gasteiger partial charge in [0.15, 0.2) is 16.7 Å². The van der Waals surface area contributed by atoms with Gasteiger partial charge in [-0.2, -0.15) is 4.99 Å². The second-order valence-corrected chi connectivity index (χ2v) is 5.39. The van der Waals surface area contributed by atoms with Crippen LogP contribution >= 0.6 is 11.8 Å². The van der Waals surface area contributed by atoms with Crippen LogP contribution in [-0.2, 0) is 9.59 Å². The smallest absolute Gasteiger partial charge is 0.286 e. The van der Waals surface area contributed by atoms with Crippen LogP contribution in [-0.4, -0.2) is 30.7 Å². The Labute approximate surface area is 132 Å². The average Bonchev–Trinajstić information content (AvgIpc) is 2.78. The average molecular weight is 320 g/mol. The van der Waals surface area contributed by atoms with E-state index in [4.69, 9.17) is 9.47 Å². The lowest BCUT2D eigenvalue weighted by Gasteiger charge is -2.09. The molecule has 2 rings (SSSR count). The highest BCUT2D eigenvalue weighted by molar-refractivity contribution is 8.18. The van der Waals surface area contributed by atoms with Gasteiger partial charge in [0.1, 0.15) is 0 Å². The highest BCUT2D eigenvalue weighted by Gasteiger charge is 2.22. The Balaban J connectivity index is 2.21. The summed E-state index contributed by atoms with van der Waals surface area (Å²) in [5, 5.41) is 2.80. The number of carbonyl (C=O) groups is 2. The van der Waals surface area contributed by atoms with Crippen molar-refractivity contribution in [3.05, 3.63) is 28.7 Å². The van der Waals surface area contributed by atoms with Crippen LogP contribution in [0, 0.1) is 0 Å². The minimum absolute atomic E-state index is 0.261. The number of ether oxygens (including phenoxy) is 2. The standard InChI is InChI=1S/C15H16N2O4S/c1-4-21-12-7-10(5-6-11(12)20-3)8-13-14(19)17-15(22-13)16-9(2)18/h5-8H,4H2,1-3H3,(H,16,17,18,19)/b13-8-. The molecule has 1 aromatic rings. The van der Waals surface area contributed by atoms with E-state index in [1.807, 2.05) is 13.0 Å². The van der Waals surface area contributed by atoms with Crippen LogP contribution in [0.5, 0.6) is 11.5 Å². The van der Waals surface area contributed by atoms with Crippen molar-refractivity contribution < 1.29 is 19.1 Å². The number of methoxy groups -OCH3 is 1. The summed E-state index contributed by atoms with van der Waals surface area (Å²) in [6.07, 6.45) is 1.70. The fourth-order valence-electron chi connectivity index (χ4n) is 1.82. The maximum Gasteiger partial charge on any atom is 0.286 e. The zero-order valence-electron chi connectivity index (χ0n) is 12.5. The van der Waals surface area contributed by atoms with E-state index in [1.165, 1.54) is 6.92 Å². The molecule has 1 aliphatic heterocycles. The van der Waals surface area contributed by atoms with Crippen molar-refractivity contribution in [3.8, 4) is 11.5 Å². The van der Waals surface area contributed by atoms with Crippen molar-refractivity contribution in [1.29, 1.82) is 0 Å². The first kappa shape index (κ1) is 16.1. The Morgan fingerprint density at radius 2 is 2.18 bits per heavy atom. The number of hydrogen-bond donors (Lipinski definition) is 1. The lowest BCUT2D eigenvalue weighted by Crippen LogP contribution is -2.23. The van der Waals surface area contributed by atoms with Gasteiger partial charge >= 0.3 is 0 Å². The highest BCUT2D eigenvalue weighted by Crippen LogP contribution is 2.32. The number of amides is 2. The van der Waals surface area contributed by atoms with Crippen molar-refractivity contribution in [2.75, 3.05) is 13.7 Å². The number of aliphatic imine (C=N–C) groups is 1. The minimum atomic E-state index is -0.373. The van der Waals surface area contributed by atoms with E-state index in [0.717, 1.165) is 17.3 Å². The molecule has 1 aromatic carbocycles. The van der Waals surface area contributed by atoms with Crippen LogP contribution in [0.25, 0.3) is 6.08 Å². The largest absolute Gasteiger partial charge is 0.493 e. The molecule has 0 radical (unpaired) electrons. The molecule has 1 heterocycles. The molecule has 0 unspecified atom stereocenters. The number of nitrogens with zero attached hydrogens (tertiary/aromatic N) is 1. The number of rotatable bonds is 4. The van der Waals surface area contributed by atoms with E-state index >= 15 is 0 Å². The Bertz CT molecular complexity index is 668. The van der Waals surface area contributed by atoms with Crippen molar-refractivity contribution in [2.45, 2.75) is 13.8 Å². The molecule has 0 aromatic heterocycles. The Kier molecular flexibility index (Phi) is 5.21. The Hall–Kier alpha value is -2.28. The molecule has 0 fully saturated rings. The lowest BCUT2D eigenvalue weighted by molar-refractivity contribution is -0.117. The molecule has 1 N–H and O–H groups in total. The van der Waals surface area contributed by atoms with Gasteiger partial charge in [0.25, 0.3) is 5.91 Å². The van der Waals surface area contributed by atoms with Gasteiger partial charge < -0.3 is 14.8 Å². The summed E-state index contributed by atoms with van der Waals surface area (Å²) in [4.78, 5) is 27.0. The first-order chi connectivity index (χ1) is 10.5. The Morgan fingerprint density at radius 3 is 2.82 bits per heavy atom. The SMILES string of the molecule is CCOc1cc(/C=C2\SC(NC(C)=O)=NC2=O)ccc1OC. The van der Waals surface area contributed by atoms with Gasteiger partial charge in [0.05, 0.1) is 18.6 Å². The van der Waals surface area contributed by atoms with E-state index in [2.05, 4.69) is 10.3 Å². The first-order valence-corrected chi connectivity index (χ1v) is 7.46. The molecule has 0 bridgehead atoms. The second kappa shape index (κ2) is 7.13. The van der Waals surface area contributed by atoms with E-state index in [9.17, 15) is 9.59 Å². The number of amidine groups is 1. The van der Waals surface area contributed by atoms with E-state index in [-0.39, 0.29) is 11.8 Å². The minimum Gasteiger partial charge on any atom is -0.493 e. The van der Waals surface area contributed by atoms with Crippen LogP contribution in [0.15, 0.2) is 28.1 Å². The molecule has 6 nitrogen and oxygen atoms in total. The van der Waals surface area contributed by atoms with Gasteiger partial charge in [-0.3, -0.25) is 9.59 Å². The van der Waals surface area contributed by atoms with E-state index < -0.39 is 0 Å². The molecule has 0 atom stereocenters. The molecule has 0 spiro atoms. The number of hydrogen-bond acceptors (Lipinski definition) is 5. The second-order valence-electron chi connectivity index (χ2n) is 4.36. The lowest BCUT2D eigenvalue weighted by atomic mass is 10.2. The van der Waals surface area contributed by atoms with Gasteiger partial charge in [-0.05, 0) is 42.5 Å². The molecular formula is C15H16N2O4S. The van der Waals surface area contributed by atoms with Gasteiger partial charge in [-0.1, -0.05) is 6.07 Å². The molecule has 22 heavy (non-hydrogen) atoms. The predicted molar refractivity (Wildman–Crippen MR) is 86.0 cm³/mol.